The van der Waals surface area contributed by atoms with Gasteiger partial charge in [0.2, 0.25) is 5.91 Å². The predicted octanol–water partition coefficient (Wildman–Crippen LogP) is 2.08. The minimum atomic E-state index is -0.0535. The van der Waals surface area contributed by atoms with E-state index in [0.717, 1.165) is 64.0 Å². The van der Waals surface area contributed by atoms with Crippen molar-refractivity contribution in [2.75, 3.05) is 51.3 Å². The van der Waals surface area contributed by atoms with Crippen LogP contribution >= 0.6 is 24.0 Å². The molecule has 28 heavy (non-hydrogen) atoms. The molecule has 1 aromatic rings. The third kappa shape index (κ3) is 9.20. The van der Waals surface area contributed by atoms with Crippen LogP contribution in [0, 0.1) is 0 Å². The number of carbonyl (C=O) groups is 1. The molecule has 1 unspecified atom stereocenters. The number of nitrogens with one attached hydrogen (secondary N) is 3. The Bertz CT molecular complexity index is 603. The Morgan fingerprint density at radius 1 is 1.21 bits per heavy atom. The lowest BCUT2D eigenvalue weighted by atomic mass is 10.1. The zero-order chi connectivity index (χ0) is 19.5. The number of hydrogen-bond donors (Lipinski definition) is 3. The summed E-state index contributed by atoms with van der Waals surface area (Å²) >= 11 is 0. The Morgan fingerprint density at radius 3 is 2.50 bits per heavy atom. The van der Waals surface area contributed by atoms with Gasteiger partial charge in [-0.2, -0.15) is 0 Å². The van der Waals surface area contributed by atoms with E-state index in [2.05, 4.69) is 34.7 Å². The monoisotopic (exact) mass is 503 g/mol. The molecule has 0 aromatic heterocycles. The first-order valence-electron chi connectivity index (χ1n) is 9.79. The van der Waals surface area contributed by atoms with E-state index >= 15 is 0 Å². The summed E-state index contributed by atoms with van der Waals surface area (Å²) < 4.78 is 5.41. The van der Waals surface area contributed by atoms with Crippen LogP contribution in [0.5, 0.6) is 0 Å². The molecule has 0 spiro atoms. The van der Waals surface area contributed by atoms with Crippen LogP contribution in [0.15, 0.2) is 29.3 Å². The van der Waals surface area contributed by atoms with E-state index < -0.39 is 0 Å². The van der Waals surface area contributed by atoms with Crippen molar-refractivity contribution in [3.63, 3.8) is 0 Å². The number of nitrogens with zero attached hydrogens (tertiary/aromatic N) is 2. The highest BCUT2D eigenvalue weighted by Crippen LogP contribution is 2.09. The standard InChI is InChI=1S/C20H33N5O2.HI/c1-4-21-20(23-15-16(2)25-11-13-27-14-12-25)22-10-9-18-5-7-19(8-6-18)24-17(3)26;/h5-8,16H,4,9-15H2,1-3H3,(H,24,26)(H2,21,22,23);1H. The third-order valence-corrected chi connectivity index (χ3v) is 4.51. The minimum absolute atomic E-state index is 0. The normalized spacial score (nSPS) is 16.0. The third-order valence-electron chi connectivity index (χ3n) is 4.51. The molecule has 1 heterocycles. The molecule has 1 saturated heterocycles. The Balaban J connectivity index is 0.00000392. The molecular weight excluding hydrogens is 469 g/mol. The Morgan fingerprint density at radius 2 is 1.89 bits per heavy atom. The van der Waals surface area contributed by atoms with Gasteiger partial charge < -0.3 is 20.7 Å². The molecule has 1 aliphatic heterocycles. The van der Waals surface area contributed by atoms with E-state index in [1.54, 1.807) is 0 Å². The second-order valence-corrected chi connectivity index (χ2v) is 6.77. The molecule has 1 fully saturated rings. The number of anilines is 1. The zero-order valence-corrected chi connectivity index (χ0v) is 19.5. The highest BCUT2D eigenvalue weighted by Gasteiger charge is 2.16. The maximum atomic E-state index is 11.1. The van der Waals surface area contributed by atoms with Crippen LogP contribution in [-0.4, -0.2) is 68.7 Å². The summed E-state index contributed by atoms with van der Waals surface area (Å²) in [5.74, 6) is 0.801. The second-order valence-electron chi connectivity index (χ2n) is 6.77. The predicted molar refractivity (Wildman–Crippen MR) is 126 cm³/mol. The van der Waals surface area contributed by atoms with Gasteiger partial charge in [-0.15, -0.1) is 24.0 Å². The molecule has 1 aliphatic rings. The Kier molecular flexibility index (Phi) is 12.1. The number of aliphatic imine (C=N–C) groups is 1. The number of hydrogen-bond acceptors (Lipinski definition) is 4. The molecule has 0 saturated carbocycles. The maximum absolute atomic E-state index is 11.1. The number of morpholine rings is 1. The molecule has 1 amide bonds. The van der Waals surface area contributed by atoms with Gasteiger partial charge in [0.15, 0.2) is 5.96 Å². The molecule has 1 atom stereocenters. The average Bonchev–Trinajstić information content (AvgIpc) is 2.67. The fourth-order valence-electron chi connectivity index (χ4n) is 2.98. The van der Waals surface area contributed by atoms with E-state index in [1.165, 1.54) is 12.5 Å². The van der Waals surface area contributed by atoms with Crippen LogP contribution in [0.25, 0.3) is 0 Å². The average molecular weight is 503 g/mol. The SMILES string of the molecule is CCNC(=NCC(C)N1CCOCC1)NCCc1ccc(NC(C)=O)cc1.I. The molecule has 3 N–H and O–H groups in total. The highest BCUT2D eigenvalue weighted by atomic mass is 127. The minimum Gasteiger partial charge on any atom is -0.379 e. The van der Waals surface area contributed by atoms with Gasteiger partial charge in [-0.1, -0.05) is 12.1 Å². The highest BCUT2D eigenvalue weighted by molar-refractivity contribution is 14.0. The first-order chi connectivity index (χ1) is 13.1. The van der Waals surface area contributed by atoms with Crippen molar-refractivity contribution in [3.05, 3.63) is 29.8 Å². The van der Waals surface area contributed by atoms with Crippen molar-refractivity contribution in [3.8, 4) is 0 Å². The fourth-order valence-corrected chi connectivity index (χ4v) is 2.98. The van der Waals surface area contributed by atoms with E-state index in [1.807, 2.05) is 24.3 Å². The lowest BCUT2D eigenvalue weighted by Gasteiger charge is -2.31. The molecule has 7 nitrogen and oxygen atoms in total. The van der Waals surface area contributed by atoms with Crippen molar-refractivity contribution in [1.29, 1.82) is 0 Å². The number of carbonyl (C=O) groups excluding carboxylic acids is 1. The van der Waals surface area contributed by atoms with E-state index in [4.69, 9.17) is 9.73 Å². The summed E-state index contributed by atoms with van der Waals surface area (Å²) in [7, 11) is 0. The Labute approximate surface area is 185 Å². The molecule has 2 rings (SSSR count). The van der Waals surface area contributed by atoms with Gasteiger partial charge in [0.1, 0.15) is 0 Å². The van der Waals surface area contributed by atoms with Crippen LogP contribution in [0.3, 0.4) is 0 Å². The van der Waals surface area contributed by atoms with Crippen LogP contribution in [-0.2, 0) is 16.0 Å². The maximum Gasteiger partial charge on any atom is 0.221 e. The number of rotatable bonds is 8. The van der Waals surface area contributed by atoms with Gasteiger partial charge >= 0.3 is 0 Å². The number of amides is 1. The molecular formula is C20H34IN5O2. The van der Waals surface area contributed by atoms with Crippen molar-refractivity contribution in [2.45, 2.75) is 33.2 Å². The van der Waals surface area contributed by atoms with Crippen molar-refractivity contribution in [1.82, 2.24) is 15.5 Å². The largest absolute Gasteiger partial charge is 0.379 e. The van der Waals surface area contributed by atoms with Gasteiger partial charge in [-0.25, -0.2) is 0 Å². The number of halogens is 1. The molecule has 8 heteroatoms. The van der Waals surface area contributed by atoms with Crippen molar-refractivity contribution >= 4 is 41.5 Å². The smallest absolute Gasteiger partial charge is 0.221 e. The van der Waals surface area contributed by atoms with Crippen LogP contribution in [0.2, 0.25) is 0 Å². The quantitative estimate of drug-likeness (QED) is 0.288. The summed E-state index contributed by atoms with van der Waals surface area (Å²) in [5, 5.41) is 9.49. The first kappa shape index (κ1) is 24.6. The fraction of sp³-hybridized carbons (Fsp3) is 0.600. The summed E-state index contributed by atoms with van der Waals surface area (Å²) in [6.07, 6.45) is 0.893. The Hall–Kier alpha value is -1.39. The lowest BCUT2D eigenvalue weighted by molar-refractivity contribution is -0.114. The second kappa shape index (κ2) is 13.7. The molecule has 1 aromatic carbocycles. The summed E-state index contributed by atoms with van der Waals surface area (Å²) in [6.45, 7) is 11.8. The van der Waals surface area contributed by atoms with Crippen LogP contribution in [0.1, 0.15) is 26.3 Å². The van der Waals surface area contributed by atoms with Crippen molar-refractivity contribution in [2.24, 2.45) is 4.99 Å². The van der Waals surface area contributed by atoms with Gasteiger partial charge in [0.25, 0.3) is 0 Å². The zero-order valence-electron chi connectivity index (χ0n) is 17.2. The van der Waals surface area contributed by atoms with Crippen LogP contribution in [0.4, 0.5) is 5.69 Å². The number of benzene rings is 1. The van der Waals surface area contributed by atoms with Gasteiger partial charge in [-0.05, 0) is 38.0 Å². The first-order valence-corrected chi connectivity index (χ1v) is 9.79. The number of guanidine groups is 1. The summed E-state index contributed by atoms with van der Waals surface area (Å²) in [5.41, 5.74) is 2.04. The van der Waals surface area contributed by atoms with Gasteiger partial charge in [0, 0.05) is 44.8 Å². The number of ether oxygens (including phenoxy) is 1. The molecule has 0 radical (unpaired) electrons. The summed E-state index contributed by atoms with van der Waals surface area (Å²) in [6, 6.07) is 8.35. The molecule has 0 bridgehead atoms. The van der Waals surface area contributed by atoms with E-state index in [-0.39, 0.29) is 29.9 Å². The topological polar surface area (TPSA) is 78.0 Å². The summed E-state index contributed by atoms with van der Waals surface area (Å²) in [4.78, 5) is 18.2. The molecule has 0 aliphatic carbocycles. The van der Waals surface area contributed by atoms with Crippen molar-refractivity contribution < 1.29 is 9.53 Å². The van der Waals surface area contributed by atoms with Gasteiger partial charge in [-0.3, -0.25) is 14.7 Å². The van der Waals surface area contributed by atoms with Gasteiger partial charge in [0.05, 0.1) is 19.8 Å². The van der Waals surface area contributed by atoms with E-state index in [9.17, 15) is 4.79 Å². The molecule has 158 valence electrons. The van der Waals surface area contributed by atoms with E-state index in [0.29, 0.717) is 6.04 Å². The van der Waals surface area contributed by atoms with Crippen LogP contribution < -0.4 is 16.0 Å². The lowest BCUT2D eigenvalue weighted by Crippen LogP contribution is -2.44.